The van der Waals surface area contributed by atoms with E-state index in [9.17, 15) is 0 Å². The second kappa shape index (κ2) is 14.9. The lowest BCUT2D eigenvalue weighted by atomic mass is 9.96. The van der Waals surface area contributed by atoms with Gasteiger partial charge in [0.1, 0.15) is 36.5 Å². The number of benzene rings is 3. The van der Waals surface area contributed by atoms with E-state index in [4.69, 9.17) is 36.8 Å². The van der Waals surface area contributed by atoms with E-state index < -0.39 is 0 Å². The summed E-state index contributed by atoms with van der Waals surface area (Å²) in [6, 6.07) is 21.9. The Labute approximate surface area is 258 Å². The molecule has 43 heavy (non-hydrogen) atoms. The van der Waals surface area contributed by atoms with Gasteiger partial charge in [0.05, 0.1) is 17.2 Å². The maximum Gasteiger partial charge on any atom is 0.142 e. The first-order valence-electron chi connectivity index (χ1n) is 14.7. The monoisotopic (exact) mass is 596 g/mol. The molecule has 222 valence electrons. The third-order valence-corrected chi connectivity index (χ3v) is 8.01. The minimum Gasteiger partial charge on any atom is -0.494 e. The van der Waals surface area contributed by atoms with Crippen LogP contribution in [0.15, 0.2) is 73.1 Å². The van der Waals surface area contributed by atoms with Crippen LogP contribution in [0.3, 0.4) is 0 Å². The summed E-state index contributed by atoms with van der Waals surface area (Å²) in [6.45, 7) is 7.17. The maximum atomic E-state index is 9.15. The van der Waals surface area contributed by atoms with Gasteiger partial charge in [-0.2, -0.15) is 5.26 Å². The average molecular weight is 597 g/mol. The summed E-state index contributed by atoms with van der Waals surface area (Å²) >= 11 is 6.58. The number of hydrogen-bond donors (Lipinski definition) is 1. The van der Waals surface area contributed by atoms with Gasteiger partial charge in [-0.15, -0.1) is 0 Å². The summed E-state index contributed by atoms with van der Waals surface area (Å²) in [7, 11) is 0. The lowest BCUT2D eigenvalue weighted by Gasteiger charge is -2.17. The zero-order chi connectivity index (χ0) is 30.0. The van der Waals surface area contributed by atoms with E-state index in [-0.39, 0.29) is 13.2 Å². The third-order valence-electron chi connectivity index (χ3n) is 7.71. The van der Waals surface area contributed by atoms with Crippen molar-refractivity contribution in [3.8, 4) is 34.4 Å². The smallest absolute Gasteiger partial charge is 0.142 e. The summed E-state index contributed by atoms with van der Waals surface area (Å²) in [5.74, 6) is 1.97. The van der Waals surface area contributed by atoms with Gasteiger partial charge < -0.3 is 24.8 Å². The van der Waals surface area contributed by atoms with Gasteiger partial charge in [-0.1, -0.05) is 41.9 Å². The Morgan fingerprint density at radius 3 is 2.56 bits per heavy atom. The summed E-state index contributed by atoms with van der Waals surface area (Å²) in [6.07, 6.45) is 6.84. The van der Waals surface area contributed by atoms with Crippen LogP contribution in [0.1, 0.15) is 47.1 Å². The van der Waals surface area contributed by atoms with Crippen LogP contribution in [0.2, 0.25) is 5.02 Å². The van der Waals surface area contributed by atoms with Gasteiger partial charge >= 0.3 is 0 Å². The van der Waals surface area contributed by atoms with Gasteiger partial charge in [0, 0.05) is 42.7 Å². The highest BCUT2D eigenvalue weighted by atomic mass is 35.5. The molecule has 0 amide bonds. The first-order chi connectivity index (χ1) is 21.0. The highest BCUT2D eigenvalue weighted by Crippen LogP contribution is 2.35. The Balaban J connectivity index is 1.24. The van der Waals surface area contributed by atoms with Crippen LogP contribution in [0.4, 0.5) is 0 Å². The summed E-state index contributed by atoms with van der Waals surface area (Å²) in [5.41, 5.74) is 12.4. The van der Waals surface area contributed by atoms with E-state index >= 15 is 0 Å². The van der Waals surface area contributed by atoms with Gasteiger partial charge in [-0.25, -0.2) is 0 Å². The second-order valence-corrected chi connectivity index (χ2v) is 11.1. The molecule has 2 heterocycles. The van der Waals surface area contributed by atoms with Crippen molar-refractivity contribution >= 4 is 11.6 Å². The normalized spacial score (nSPS) is 13.1. The van der Waals surface area contributed by atoms with Crippen molar-refractivity contribution in [1.29, 1.82) is 5.26 Å². The molecule has 1 aromatic heterocycles. The lowest BCUT2D eigenvalue weighted by molar-refractivity contribution is 0.263. The molecule has 0 saturated carbocycles. The van der Waals surface area contributed by atoms with Crippen molar-refractivity contribution < 1.29 is 14.2 Å². The standard InChI is InChI=1S/C35H37ClN4O3/c1-25-29(8-5-10-32(25)28-7-4-9-31(16-28)41-14-6-13-40-11-2-3-12-40)24-43-35-18-34(30(20-38)17-33(35)36)42-23-27-15-26(19-37)21-39-22-27/h4-5,7-10,15-18,21-22H,2-3,6,11-14,20,23-24,38H2,1H3. The van der Waals surface area contributed by atoms with Crippen LogP contribution in [-0.4, -0.2) is 36.1 Å². The molecule has 0 radical (unpaired) electrons. The topological polar surface area (TPSA) is 93.6 Å². The molecule has 2 N–H and O–H groups in total. The number of pyridine rings is 1. The largest absolute Gasteiger partial charge is 0.494 e. The predicted octanol–water partition coefficient (Wildman–Crippen LogP) is 7.06. The number of rotatable bonds is 13. The van der Waals surface area contributed by atoms with Crippen molar-refractivity contribution in [3.05, 3.63) is 106 Å². The van der Waals surface area contributed by atoms with Gasteiger partial charge in [-0.3, -0.25) is 4.98 Å². The quantitative estimate of drug-likeness (QED) is 0.165. The molecule has 7 nitrogen and oxygen atoms in total. The number of halogens is 1. The van der Waals surface area contributed by atoms with E-state index in [1.807, 2.05) is 18.2 Å². The molecule has 1 saturated heterocycles. The van der Waals surface area contributed by atoms with Crippen LogP contribution in [0.25, 0.3) is 11.1 Å². The Morgan fingerprint density at radius 1 is 0.930 bits per heavy atom. The molecule has 8 heteroatoms. The molecule has 1 aliphatic heterocycles. The van der Waals surface area contributed by atoms with E-state index in [1.165, 1.54) is 32.1 Å². The number of aromatic nitrogens is 1. The summed E-state index contributed by atoms with van der Waals surface area (Å²) in [5, 5.41) is 9.61. The SMILES string of the molecule is Cc1c(COc2cc(OCc3cncc(C#N)c3)c(CN)cc2Cl)cccc1-c1cccc(OCCCN2CCCC2)c1. The van der Waals surface area contributed by atoms with E-state index in [2.05, 4.69) is 47.1 Å². The molecule has 4 aromatic rings. The summed E-state index contributed by atoms with van der Waals surface area (Å²) in [4.78, 5) is 6.61. The molecule has 3 aromatic carbocycles. The number of hydrogen-bond acceptors (Lipinski definition) is 7. The van der Waals surface area contributed by atoms with E-state index in [1.54, 1.807) is 24.4 Å². The van der Waals surface area contributed by atoms with Crippen LogP contribution in [0, 0.1) is 18.3 Å². The van der Waals surface area contributed by atoms with E-state index in [0.717, 1.165) is 52.1 Å². The number of nitriles is 1. The van der Waals surface area contributed by atoms with Crippen molar-refractivity contribution in [3.63, 3.8) is 0 Å². The molecule has 1 fully saturated rings. The van der Waals surface area contributed by atoms with Crippen molar-refractivity contribution in [2.75, 3.05) is 26.2 Å². The van der Waals surface area contributed by atoms with E-state index in [0.29, 0.717) is 35.3 Å². The highest BCUT2D eigenvalue weighted by molar-refractivity contribution is 6.32. The van der Waals surface area contributed by atoms with Gasteiger partial charge in [-0.05, 0) is 85.8 Å². The van der Waals surface area contributed by atoms with Crippen LogP contribution >= 0.6 is 11.6 Å². The number of likely N-dealkylation sites (tertiary alicyclic amines) is 1. The Hall–Kier alpha value is -4.09. The minimum absolute atomic E-state index is 0.235. The summed E-state index contributed by atoms with van der Waals surface area (Å²) < 4.78 is 18.4. The number of nitrogens with zero attached hydrogens (tertiary/aromatic N) is 3. The predicted molar refractivity (Wildman–Crippen MR) is 169 cm³/mol. The molecular weight excluding hydrogens is 560 g/mol. The Kier molecular flexibility index (Phi) is 10.5. The fourth-order valence-corrected chi connectivity index (χ4v) is 5.56. The van der Waals surface area contributed by atoms with Crippen molar-refractivity contribution in [1.82, 2.24) is 9.88 Å². The zero-order valence-corrected chi connectivity index (χ0v) is 25.3. The Bertz CT molecular complexity index is 1580. The molecule has 0 aliphatic carbocycles. The molecule has 0 bridgehead atoms. The second-order valence-electron chi connectivity index (χ2n) is 10.7. The highest BCUT2D eigenvalue weighted by Gasteiger charge is 2.14. The van der Waals surface area contributed by atoms with Crippen LogP contribution in [0.5, 0.6) is 17.2 Å². The maximum absolute atomic E-state index is 9.15. The average Bonchev–Trinajstić information content (AvgIpc) is 3.56. The fourth-order valence-electron chi connectivity index (χ4n) is 5.32. The van der Waals surface area contributed by atoms with Crippen LogP contribution < -0.4 is 19.9 Å². The van der Waals surface area contributed by atoms with Gasteiger partial charge in [0.2, 0.25) is 0 Å². The van der Waals surface area contributed by atoms with Crippen molar-refractivity contribution in [2.24, 2.45) is 5.73 Å². The molecule has 0 atom stereocenters. The molecular formula is C35H37ClN4O3. The fraction of sp³-hybridized carbons (Fsp3) is 0.314. The Morgan fingerprint density at radius 2 is 1.74 bits per heavy atom. The number of ether oxygens (including phenoxy) is 3. The molecule has 0 unspecified atom stereocenters. The minimum atomic E-state index is 0.235. The molecule has 5 rings (SSSR count). The van der Waals surface area contributed by atoms with Crippen molar-refractivity contribution in [2.45, 2.75) is 45.9 Å². The van der Waals surface area contributed by atoms with Gasteiger partial charge in [0.25, 0.3) is 0 Å². The molecule has 0 spiro atoms. The zero-order valence-electron chi connectivity index (χ0n) is 24.5. The van der Waals surface area contributed by atoms with Gasteiger partial charge in [0.15, 0.2) is 0 Å². The lowest BCUT2D eigenvalue weighted by Crippen LogP contribution is -2.21. The first-order valence-corrected chi connectivity index (χ1v) is 15.1. The molecule has 1 aliphatic rings. The third kappa shape index (κ3) is 8.05. The first kappa shape index (κ1) is 30.4. The number of nitrogens with two attached hydrogens (primary N) is 1. The van der Waals surface area contributed by atoms with Crippen LogP contribution in [-0.2, 0) is 19.8 Å².